The lowest BCUT2D eigenvalue weighted by atomic mass is 9.82. The number of likely N-dealkylation sites (tertiary alicyclic amines) is 1. The van der Waals surface area contributed by atoms with Crippen LogP contribution in [0.5, 0.6) is 0 Å². The van der Waals surface area contributed by atoms with Crippen molar-refractivity contribution in [1.29, 1.82) is 0 Å². The molecule has 2 atom stereocenters. The van der Waals surface area contributed by atoms with Crippen molar-refractivity contribution in [2.45, 2.75) is 39.5 Å². The molecule has 5 heteroatoms. The van der Waals surface area contributed by atoms with Crippen LogP contribution in [0.2, 0.25) is 0 Å². The molecule has 1 N–H and O–H groups in total. The second-order valence-corrected chi connectivity index (χ2v) is 7.12. The minimum Gasteiger partial charge on any atom is -0.481 e. The molecule has 3 fully saturated rings. The maximum Gasteiger partial charge on any atom is 0.306 e. The van der Waals surface area contributed by atoms with Crippen molar-refractivity contribution in [2.75, 3.05) is 6.54 Å². The maximum atomic E-state index is 12.2. The van der Waals surface area contributed by atoms with Gasteiger partial charge in [-0.25, -0.2) is 0 Å². The summed E-state index contributed by atoms with van der Waals surface area (Å²) in [5.41, 5.74) is -0.147. The highest BCUT2D eigenvalue weighted by atomic mass is 16.4. The molecule has 0 aromatic carbocycles. The van der Waals surface area contributed by atoms with Gasteiger partial charge in [-0.15, -0.1) is 0 Å². The van der Waals surface area contributed by atoms with Gasteiger partial charge in [0.05, 0.1) is 17.8 Å². The van der Waals surface area contributed by atoms with E-state index in [2.05, 4.69) is 0 Å². The first-order valence-corrected chi connectivity index (χ1v) is 7.42. The normalized spacial score (nSPS) is 38.8. The summed E-state index contributed by atoms with van der Waals surface area (Å²) in [4.78, 5) is 36.8. The standard InChI is InChI=1S/C15H21NO4/c1-15(2)10-11(15)13(18)16(12(10)17)7-8-3-5-9(6-4-8)14(19)20/h8-11H,3-7H2,1-2H3,(H,19,20). The molecule has 0 aromatic rings. The van der Waals surface area contributed by atoms with Crippen LogP contribution in [-0.4, -0.2) is 34.3 Å². The van der Waals surface area contributed by atoms with Gasteiger partial charge in [-0.3, -0.25) is 19.3 Å². The molecular formula is C15H21NO4. The fraction of sp³-hybridized carbons (Fsp3) is 0.800. The second kappa shape index (κ2) is 4.30. The fourth-order valence-corrected chi connectivity index (χ4v) is 4.03. The van der Waals surface area contributed by atoms with Gasteiger partial charge in [0.1, 0.15) is 0 Å². The maximum absolute atomic E-state index is 12.2. The number of carboxylic acid groups (broad SMARTS) is 1. The van der Waals surface area contributed by atoms with Crippen molar-refractivity contribution in [3.8, 4) is 0 Å². The Morgan fingerprint density at radius 2 is 1.65 bits per heavy atom. The molecule has 2 unspecified atom stereocenters. The van der Waals surface area contributed by atoms with Gasteiger partial charge in [0.25, 0.3) is 0 Å². The quantitative estimate of drug-likeness (QED) is 0.795. The van der Waals surface area contributed by atoms with E-state index in [0.29, 0.717) is 19.4 Å². The van der Waals surface area contributed by atoms with Crippen molar-refractivity contribution < 1.29 is 19.5 Å². The van der Waals surface area contributed by atoms with Crippen LogP contribution in [0.3, 0.4) is 0 Å². The summed E-state index contributed by atoms with van der Waals surface area (Å²) in [7, 11) is 0. The number of piperidine rings is 1. The molecule has 1 saturated heterocycles. The summed E-state index contributed by atoms with van der Waals surface area (Å²) in [5.74, 6) is -0.922. The summed E-state index contributed by atoms with van der Waals surface area (Å²) >= 11 is 0. The molecule has 3 aliphatic rings. The molecule has 20 heavy (non-hydrogen) atoms. The molecular weight excluding hydrogens is 258 g/mol. The minimum atomic E-state index is -0.722. The van der Waals surface area contributed by atoms with E-state index in [-0.39, 0.29) is 40.9 Å². The van der Waals surface area contributed by atoms with E-state index in [1.54, 1.807) is 0 Å². The number of hydrogen-bond donors (Lipinski definition) is 1. The highest BCUT2D eigenvalue weighted by molar-refractivity contribution is 6.10. The number of carboxylic acids is 1. The first-order chi connectivity index (χ1) is 9.34. The van der Waals surface area contributed by atoms with Crippen molar-refractivity contribution >= 4 is 17.8 Å². The summed E-state index contributed by atoms with van der Waals surface area (Å²) in [6.45, 7) is 4.45. The molecule has 2 saturated carbocycles. The Morgan fingerprint density at radius 3 is 2.10 bits per heavy atom. The molecule has 0 aromatic heterocycles. The molecule has 1 aliphatic heterocycles. The molecule has 1 heterocycles. The van der Waals surface area contributed by atoms with Crippen LogP contribution in [0.25, 0.3) is 0 Å². The van der Waals surface area contributed by atoms with Crippen molar-refractivity contribution in [1.82, 2.24) is 4.90 Å². The zero-order valence-corrected chi connectivity index (χ0v) is 12.0. The largest absolute Gasteiger partial charge is 0.481 e. The van der Waals surface area contributed by atoms with Gasteiger partial charge in [-0.2, -0.15) is 0 Å². The summed E-state index contributed by atoms with van der Waals surface area (Å²) in [6, 6.07) is 0. The molecule has 0 radical (unpaired) electrons. The smallest absolute Gasteiger partial charge is 0.306 e. The van der Waals surface area contributed by atoms with Gasteiger partial charge in [-0.1, -0.05) is 13.8 Å². The lowest BCUT2D eigenvalue weighted by Gasteiger charge is -2.30. The number of fused-ring (bicyclic) bond motifs is 1. The average molecular weight is 279 g/mol. The van der Waals surface area contributed by atoms with Gasteiger partial charge in [0.15, 0.2) is 0 Å². The molecule has 110 valence electrons. The number of rotatable bonds is 3. The summed E-state index contributed by atoms with van der Waals surface area (Å²) in [5, 5.41) is 8.97. The minimum absolute atomic E-state index is 0.00893. The Labute approximate surface area is 118 Å². The van der Waals surface area contributed by atoms with Crippen molar-refractivity contribution in [3.05, 3.63) is 0 Å². The first kappa shape index (κ1) is 13.6. The van der Waals surface area contributed by atoms with Crippen LogP contribution in [0.4, 0.5) is 0 Å². The number of amides is 2. The zero-order valence-electron chi connectivity index (χ0n) is 12.0. The third kappa shape index (κ3) is 1.86. The highest BCUT2D eigenvalue weighted by Crippen LogP contribution is 2.63. The van der Waals surface area contributed by atoms with Crippen LogP contribution < -0.4 is 0 Å². The Hall–Kier alpha value is -1.39. The van der Waals surface area contributed by atoms with Gasteiger partial charge in [0, 0.05) is 6.54 Å². The molecule has 3 rings (SSSR count). The predicted molar refractivity (Wildman–Crippen MR) is 70.6 cm³/mol. The Kier molecular flexibility index (Phi) is 2.92. The number of hydrogen-bond acceptors (Lipinski definition) is 3. The number of nitrogens with zero attached hydrogens (tertiary/aromatic N) is 1. The van der Waals surface area contributed by atoms with Crippen LogP contribution in [0.15, 0.2) is 0 Å². The highest BCUT2D eigenvalue weighted by Gasteiger charge is 2.72. The summed E-state index contributed by atoms with van der Waals surface area (Å²) in [6.07, 6.45) is 2.92. The van der Waals surface area contributed by atoms with Gasteiger partial charge in [0.2, 0.25) is 11.8 Å². The SMILES string of the molecule is CC1(C)C2C(=O)N(CC3CCC(C(=O)O)CC3)C(=O)C21. The predicted octanol–water partition coefficient (Wildman–Crippen LogP) is 1.52. The average Bonchev–Trinajstić information content (AvgIpc) is 2.87. The number of aliphatic carboxylic acids is 1. The van der Waals surface area contributed by atoms with E-state index < -0.39 is 5.97 Å². The molecule has 2 amide bonds. The topological polar surface area (TPSA) is 74.7 Å². The van der Waals surface area contributed by atoms with Crippen molar-refractivity contribution in [2.24, 2.45) is 29.1 Å². The molecule has 0 bridgehead atoms. The van der Waals surface area contributed by atoms with Crippen LogP contribution >= 0.6 is 0 Å². The van der Waals surface area contributed by atoms with Gasteiger partial charge >= 0.3 is 5.97 Å². The Bertz CT molecular complexity index is 452. The van der Waals surface area contributed by atoms with E-state index in [9.17, 15) is 14.4 Å². The van der Waals surface area contributed by atoms with E-state index >= 15 is 0 Å². The van der Waals surface area contributed by atoms with Gasteiger partial charge < -0.3 is 5.11 Å². The van der Waals surface area contributed by atoms with Crippen molar-refractivity contribution in [3.63, 3.8) is 0 Å². The van der Waals surface area contributed by atoms with E-state index in [1.807, 2.05) is 13.8 Å². The number of imide groups is 1. The lowest BCUT2D eigenvalue weighted by Crippen LogP contribution is -2.40. The number of carbonyl (C=O) groups excluding carboxylic acids is 2. The molecule has 2 aliphatic carbocycles. The van der Waals surface area contributed by atoms with Crippen LogP contribution in [0, 0.1) is 29.1 Å². The Morgan fingerprint density at radius 1 is 1.15 bits per heavy atom. The monoisotopic (exact) mass is 279 g/mol. The molecule has 5 nitrogen and oxygen atoms in total. The van der Waals surface area contributed by atoms with Gasteiger partial charge in [-0.05, 0) is 37.0 Å². The molecule has 0 spiro atoms. The second-order valence-electron chi connectivity index (χ2n) is 7.12. The van der Waals surface area contributed by atoms with E-state index in [0.717, 1.165) is 12.8 Å². The Balaban J connectivity index is 1.57. The zero-order chi connectivity index (χ0) is 14.7. The fourth-order valence-electron chi connectivity index (χ4n) is 4.03. The summed E-state index contributed by atoms with van der Waals surface area (Å²) < 4.78 is 0. The van der Waals surface area contributed by atoms with E-state index in [4.69, 9.17) is 5.11 Å². The first-order valence-electron chi connectivity index (χ1n) is 7.42. The third-order valence-corrected chi connectivity index (χ3v) is 5.53. The third-order valence-electron chi connectivity index (χ3n) is 5.53. The number of carbonyl (C=O) groups is 3. The van der Waals surface area contributed by atoms with Crippen LogP contribution in [0.1, 0.15) is 39.5 Å². The van der Waals surface area contributed by atoms with Crippen LogP contribution in [-0.2, 0) is 14.4 Å². The lowest BCUT2D eigenvalue weighted by molar-refractivity contribution is -0.146. The van der Waals surface area contributed by atoms with E-state index in [1.165, 1.54) is 4.90 Å².